The molecule has 1 aromatic rings. The van der Waals surface area contributed by atoms with Crippen LogP contribution in [0.3, 0.4) is 0 Å². The van der Waals surface area contributed by atoms with Gasteiger partial charge in [0.25, 0.3) is 0 Å². The molecule has 0 aliphatic carbocycles. The molecule has 0 amide bonds. The van der Waals surface area contributed by atoms with Gasteiger partial charge in [0.05, 0.1) is 6.10 Å². The second kappa shape index (κ2) is 3.92. The van der Waals surface area contributed by atoms with Gasteiger partial charge in [0, 0.05) is 4.90 Å². The van der Waals surface area contributed by atoms with Gasteiger partial charge in [-0.2, -0.15) is 0 Å². The van der Waals surface area contributed by atoms with Crippen molar-refractivity contribution in [2.24, 2.45) is 0 Å². The number of hydrogen-bond donors (Lipinski definition) is 1. The highest BCUT2D eigenvalue weighted by atomic mass is 32.2. The molecule has 0 radical (unpaired) electrons. The summed E-state index contributed by atoms with van der Waals surface area (Å²) >= 11 is 1.36. The number of aliphatic hydroxyl groups excluding tert-OH is 1. The van der Waals surface area contributed by atoms with Crippen molar-refractivity contribution in [2.75, 3.05) is 6.26 Å². The first-order valence-corrected chi connectivity index (χ1v) is 4.89. The van der Waals surface area contributed by atoms with Gasteiger partial charge in [-0.1, -0.05) is 6.07 Å². The molecule has 1 aromatic carbocycles. The van der Waals surface area contributed by atoms with E-state index in [2.05, 4.69) is 0 Å². The normalized spacial score (nSPS) is 13.0. The van der Waals surface area contributed by atoms with Crippen LogP contribution >= 0.6 is 11.8 Å². The molecule has 0 heterocycles. The van der Waals surface area contributed by atoms with Crippen LogP contribution in [0.1, 0.15) is 18.6 Å². The van der Waals surface area contributed by atoms with Crippen LogP contribution in [-0.2, 0) is 0 Å². The Hall–Kier alpha value is -0.540. The zero-order chi connectivity index (χ0) is 9.14. The smallest absolute Gasteiger partial charge is 0.137 e. The van der Waals surface area contributed by atoms with Gasteiger partial charge in [-0.15, -0.1) is 11.8 Å². The molecule has 1 N–H and O–H groups in total. The van der Waals surface area contributed by atoms with E-state index in [1.165, 1.54) is 17.8 Å². The molecule has 0 saturated carbocycles. The third-order valence-corrected chi connectivity index (χ3v) is 2.43. The molecule has 1 nitrogen and oxygen atoms in total. The molecular weight excluding hydrogens is 175 g/mol. The van der Waals surface area contributed by atoms with E-state index in [1.54, 1.807) is 19.1 Å². The van der Waals surface area contributed by atoms with Crippen LogP contribution in [0, 0.1) is 5.82 Å². The quantitative estimate of drug-likeness (QED) is 0.716. The highest BCUT2D eigenvalue weighted by molar-refractivity contribution is 7.98. The Morgan fingerprint density at radius 1 is 1.50 bits per heavy atom. The van der Waals surface area contributed by atoms with Crippen molar-refractivity contribution in [2.45, 2.75) is 17.9 Å². The van der Waals surface area contributed by atoms with Crippen molar-refractivity contribution in [1.29, 1.82) is 0 Å². The average molecular weight is 186 g/mol. The molecule has 0 aromatic heterocycles. The Bertz CT molecular complexity index is 273. The Morgan fingerprint density at radius 2 is 2.17 bits per heavy atom. The fraction of sp³-hybridized carbons (Fsp3) is 0.333. The van der Waals surface area contributed by atoms with Gasteiger partial charge in [0.1, 0.15) is 5.82 Å². The van der Waals surface area contributed by atoms with Crippen LogP contribution in [-0.4, -0.2) is 11.4 Å². The van der Waals surface area contributed by atoms with E-state index >= 15 is 0 Å². The lowest BCUT2D eigenvalue weighted by molar-refractivity contribution is 0.198. The monoisotopic (exact) mass is 186 g/mol. The van der Waals surface area contributed by atoms with Crippen molar-refractivity contribution in [1.82, 2.24) is 0 Å². The predicted molar refractivity (Wildman–Crippen MR) is 48.8 cm³/mol. The van der Waals surface area contributed by atoms with Gasteiger partial charge < -0.3 is 5.11 Å². The fourth-order valence-corrected chi connectivity index (χ4v) is 1.40. The summed E-state index contributed by atoms with van der Waals surface area (Å²) in [7, 11) is 0. The number of benzene rings is 1. The van der Waals surface area contributed by atoms with E-state index in [1.807, 2.05) is 6.26 Å². The van der Waals surface area contributed by atoms with E-state index in [4.69, 9.17) is 5.11 Å². The first-order valence-electron chi connectivity index (χ1n) is 3.66. The van der Waals surface area contributed by atoms with Crippen LogP contribution in [0.5, 0.6) is 0 Å². The lowest BCUT2D eigenvalue weighted by Crippen LogP contribution is -1.92. The molecule has 0 saturated heterocycles. The summed E-state index contributed by atoms with van der Waals surface area (Å²) in [4.78, 5) is 0.611. The first-order chi connectivity index (χ1) is 5.65. The van der Waals surface area contributed by atoms with Crippen molar-refractivity contribution >= 4 is 11.8 Å². The molecule has 0 aliphatic rings. The highest BCUT2D eigenvalue weighted by Crippen LogP contribution is 2.22. The van der Waals surface area contributed by atoms with Crippen LogP contribution < -0.4 is 0 Å². The van der Waals surface area contributed by atoms with Gasteiger partial charge in [-0.3, -0.25) is 0 Å². The summed E-state index contributed by atoms with van der Waals surface area (Å²) in [6.07, 6.45) is 1.22. The summed E-state index contributed by atoms with van der Waals surface area (Å²) in [5, 5.41) is 9.14. The van der Waals surface area contributed by atoms with Crippen LogP contribution in [0.25, 0.3) is 0 Å². The van der Waals surface area contributed by atoms with E-state index in [9.17, 15) is 4.39 Å². The molecule has 0 spiro atoms. The minimum atomic E-state index is -0.601. The van der Waals surface area contributed by atoms with E-state index in [0.717, 1.165) is 0 Å². The second-order valence-electron chi connectivity index (χ2n) is 2.57. The summed E-state index contributed by atoms with van der Waals surface area (Å²) in [6.45, 7) is 1.62. The van der Waals surface area contributed by atoms with Crippen LogP contribution in [0.15, 0.2) is 23.1 Å². The van der Waals surface area contributed by atoms with E-state index in [-0.39, 0.29) is 5.82 Å². The lowest BCUT2D eigenvalue weighted by Gasteiger charge is -2.05. The highest BCUT2D eigenvalue weighted by Gasteiger charge is 2.05. The van der Waals surface area contributed by atoms with Crippen molar-refractivity contribution in [3.63, 3.8) is 0 Å². The molecule has 66 valence electrons. The molecule has 3 heteroatoms. The number of hydrogen-bond acceptors (Lipinski definition) is 2. The molecule has 1 unspecified atom stereocenters. The van der Waals surface area contributed by atoms with Gasteiger partial charge >= 0.3 is 0 Å². The lowest BCUT2D eigenvalue weighted by atomic mass is 10.1. The Labute approximate surface area is 75.6 Å². The second-order valence-corrected chi connectivity index (χ2v) is 3.42. The first kappa shape index (κ1) is 9.55. The number of rotatable bonds is 2. The largest absolute Gasteiger partial charge is 0.389 e. The topological polar surface area (TPSA) is 20.2 Å². The van der Waals surface area contributed by atoms with Crippen molar-refractivity contribution in [3.05, 3.63) is 29.6 Å². The maximum absolute atomic E-state index is 13.1. The standard InChI is InChI=1S/C9H11FOS/c1-6(11)7-3-4-9(12-2)8(10)5-7/h3-6,11H,1-2H3. The molecule has 1 atom stereocenters. The summed E-state index contributed by atoms with van der Waals surface area (Å²) < 4.78 is 13.1. The van der Waals surface area contributed by atoms with E-state index in [0.29, 0.717) is 10.5 Å². The molecule has 0 aliphatic heterocycles. The Balaban J connectivity index is 3.02. The van der Waals surface area contributed by atoms with Gasteiger partial charge in [0.15, 0.2) is 0 Å². The van der Waals surface area contributed by atoms with Gasteiger partial charge in [0.2, 0.25) is 0 Å². The van der Waals surface area contributed by atoms with Crippen molar-refractivity contribution in [3.8, 4) is 0 Å². The predicted octanol–water partition coefficient (Wildman–Crippen LogP) is 2.60. The van der Waals surface area contributed by atoms with Gasteiger partial charge in [-0.25, -0.2) is 4.39 Å². The molecule has 0 fully saturated rings. The van der Waals surface area contributed by atoms with Crippen LogP contribution in [0.2, 0.25) is 0 Å². The maximum atomic E-state index is 13.1. The Morgan fingerprint density at radius 3 is 2.58 bits per heavy atom. The molecule has 0 bridgehead atoms. The third-order valence-electron chi connectivity index (χ3n) is 1.66. The van der Waals surface area contributed by atoms with Crippen LogP contribution in [0.4, 0.5) is 4.39 Å². The van der Waals surface area contributed by atoms with E-state index < -0.39 is 6.10 Å². The summed E-state index contributed by atoms with van der Waals surface area (Å²) in [6, 6.07) is 4.79. The van der Waals surface area contributed by atoms with Gasteiger partial charge in [-0.05, 0) is 30.9 Å². The zero-order valence-corrected chi connectivity index (χ0v) is 7.86. The maximum Gasteiger partial charge on any atom is 0.137 e. The molecule has 1 rings (SSSR count). The average Bonchev–Trinajstić information content (AvgIpc) is 2.04. The number of thioether (sulfide) groups is 1. The number of aliphatic hydroxyl groups is 1. The molecular formula is C9H11FOS. The van der Waals surface area contributed by atoms with Crippen molar-refractivity contribution < 1.29 is 9.50 Å². The third kappa shape index (κ3) is 1.99. The molecule has 12 heavy (non-hydrogen) atoms. The summed E-state index contributed by atoms with van der Waals surface area (Å²) in [5.41, 5.74) is 0.616. The minimum Gasteiger partial charge on any atom is -0.389 e. The SMILES string of the molecule is CSc1ccc(C(C)O)cc1F. The number of halogens is 1. The fourth-order valence-electron chi connectivity index (χ4n) is 0.942. The summed E-state index contributed by atoms with van der Waals surface area (Å²) in [5.74, 6) is -0.263. The zero-order valence-electron chi connectivity index (χ0n) is 7.04. The Kier molecular flexibility index (Phi) is 3.12. The minimum absolute atomic E-state index is 0.263.